The third-order valence-electron chi connectivity index (χ3n) is 1.66. The van der Waals surface area contributed by atoms with Crippen LogP contribution < -0.4 is 11.1 Å². The first-order chi connectivity index (χ1) is 5.99. The van der Waals surface area contributed by atoms with Crippen LogP contribution in [0.25, 0.3) is 0 Å². The molecule has 0 aliphatic heterocycles. The number of hydrogen-bond donors (Lipinski definition) is 2. The second kappa shape index (κ2) is 5.56. The molecule has 4 nitrogen and oxygen atoms in total. The predicted molar refractivity (Wildman–Crippen MR) is 54.6 cm³/mol. The number of aliphatic imine (C=N–C) groups is 1. The molecule has 0 rings (SSSR count). The van der Waals surface area contributed by atoms with Crippen molar-refractivity contribution in [1.29, 1.82) is 0 Å². The molecule has 0 aromatic carbocycles. The lowest BCUT2D eigenvalue weighted by Gasteiger charge is -2.09. The second-order valence-corrected chi connectivity index (χ2v) is 3.28. The minimum atomic E-state index is -0.387. The minimum Gasteiger partial charge on any atom is -0.387 e. The van der Waals surface area contributed by atoms with Crippen LogP contribution in [0.2, 0.25) is 0 Å². The SMILES string of the molecule is CCNC(=O)C(C)N=C(N)C(C)C. The highest BCUT2D eigenvalue weighted by Crippen LogP contribution is 1.96. The van der Waals surface area contributed by atoms with Crippen LogP contribution in [0.15, 0.2) is 4.99 Å². The van der Waals surface area contributed by atoms with Gasteiger partial charge in [0.2, 0.25) is 5.91 Å². The fraction of sp³-hybridized carbons (Fsp3) is 0.778. The summed E-state index contributed by atoms with van der Waals surface area (Å²) in [6, 6.07) is -0.387. The van der Waals surface area contributed by atoms with Crippen molar-refractivity contribution in [1.82, 2.24) is 5.32 Å². The molecule has 0 radical (unpaired) electrons. The number of amidine groups is 1. The molecule has 1 unspecified atom stereocenters. The third-order valence-corrected chi connectivity index (χ3v) is 1.66. The van der Waals surface area contributed by atoms with E-state index in [9.17, 15) is 4.79 Å². The van der Waals surface area contributed by atoms with Crippen LogP contribution in [0.4, 0.5) is 0 Å². The van der Waals surface area contributed by atoms with Gasteiger partial charge in [-0.2, -0.15) is 0 Å². The van der Waals surface area contributed by atoms with E-state index in [0.29, 0.717) is 12.4 Å². The Kier molecular flexibility index (Phi) is 5.11. The maximum atomic E-state index is 11.2. The molecule has 76 valence electrons. The number of hydrogen-bond acceptors (Lipinski definition) is 2. The summed E-state index contributed by atoms with van der Waals surface area (Å²) in [7, 11) is 0. The van der Waals surface area contributed by atoms with Crippen molar-refractivity contribution >= 4 is 11.7 Å². The van der Waals surface area contributed by atoms with Crippen molar-refractivity contribution < 1.29 is 4.79 Å². The summed E-state index contributed by atoms with van der Waals surface area (Å²) in [5.41, 5.74) is 5.62. The van der Waals surface area contributed by atoms with Crippen LogP contribution in [0.1, 0.15) is 27.7 Å². The van der Waals surface area contributed by atoms with Gasteiger partial charge in [0.15, 0.2) is 0 Å². The number of nitrogens with zero attached hydrogens (tertiary/aromatic N) is 1. The minimum absolute atomic E-state index is 0.0777. The molecule has 0 saturated heterocycles. The highest BCUT2D eigenvalue weighted by Gasteiger charge is 2.11. The highest BCUT2D eigenvalue weighted by atomic mass is 16.2. The molecule has 0 aromatic rings. The van der Waals surface area contributed by atoms with Crippen LogP contribution in [-0.4, -0.2) is 24.3 Å². The van der Waals surface area contributed by atoms with Crippen LogP contribution in [0.5, 0.6) is 0 Å². The zero-order chi connectivity index (χ0) is 10.4. The monoisotopic (exact) mass is 185 g/mol. The number of nitrogens with two attached hydrogens (primary N) is 1. The molecule has 0 aliphatic rings. The zero-order valence-corrected chi connectivity index (χ0v) is 8.79. The molecule has 0 aromatic heterocycles. The fourth-order valence-electron chi connectivity index (χ4n) is 0.753. The summed E-state index contributed by atoms with van der Waals surface area (Å²) < 4.78 is 0. The number of nitrogens with one attached hydrogen (secondary N) is 1. The Labute approximate surface area is 79.6 Å². The number of likely N-dealkylation sites (N-methyl/N-ethyl adjacent to an activating group) is 1. The van der Waals surface area contributed by atoms with Gasteiger partial charge in [0.1, 0.15) is 6.04 Å². The quantitative estimate of drug-likeness (QED) is 0.495. The molecule has 0 heterocycles. The van der Waals surface area contributed by atoms with E-state index in [1.54, 1.807) is 6.92 Å². The lowest BCUT2D eigenvalue weighted by molar-refractivity contribution is -0.121. The zero-order valence-electron chi connectivity index (χ0n) is 8.79. The van der Waals surface area contributed by atoms with E-state index >= 15 is 0 Å². The first-order valence-electron chi connectivity index (χ1n) is 4.59. The highest BCUT2D eigenvalue weighted by molar-refractivity contribution is 5.88. The van der Waals surface area contributed by atoms with Crippen molar-refractivity contribution in [3.8, 4) is 0 Å². The van der Waals surface area contributed by atoms with E-state index in [-0.39, 0.29) is 17.9 Å². The lowest BCUT2D eigenvalue weighted by atomic mass is 10.2. The van der Waals surface area contributed by atoms with Gasteiger partial charge < -0.3 is 11.1 Å². The Morgan fingerprint density at radius 3 is 2.38 bits per heavy atom. The normalized spacial score (nSPS) is 14.4. The number of rotatable bonds is 4. The molecular formula is C9H19N3O. The van der Waals surface area contributed by atoms with Gasteiger partial charge in [0, 0.05) is 12.5 Å². The predicted octanol–water partition coefficient (Wildman–Crippen LogP) is 0.524. The molecule has 1 atom stereocenters. The second-order valence-electron chi connectivity index (χ2n) is 3.28. The lowest BCUT2D eigenvalue weighted by Crippen LogP contribution is -2.33. The summed E-state index contributed by atoms with van der Waals surface area (Å²) in [6.45, 7) is 8.13. The molecule has 4 heteroatoms. The fourth-order valence-corrected chi connectivity index (χ4v) is 0.753. The van der Waals surface area contributed by atoms with E-state index < -0.39 is 0 Å². The molecule has 3 N–H and O–H groups in total. The van der Waals surface area contributed by atoms with E-state index in [0.717, 1.165) is 0 Å². The molecule has 0 fully saturated rings. The maximum Gasteiger partial charge on any atom is 0.244 e. The Morgan fingerprint density at radius 1 is 1.46 bits per heavy atom. The summed E-state index contributed by atoms with van der Waals surface area (Å²) >= 11 is 0. The Morgan fingerprint density at radius 2 is 2.00 bits per heavy atom. The smallest absolute Gasteiger partial charge is 0.244 e. The van der Waals surface area contributed by atoms with Gasteiger partial charge in [-0.1, -0.05) is 13.8 Å². The number of amides is 1. The first-order valence-corrected chi connectivity index (χ1v) is 4.59. The van der Waals surface area contributed by atoms with Gasteiger partial charge in [0.05, 0.1) is 5.84 Å². The Bertz CT molecular complexity index is 199. The Hall–Kier alpha value is -1.06. The molecule has 0 saturated carbocycles. The average Bonchev–Trinajstić information content (AvgIpc) is 2.04. The van der Waals surface area contributed by atoms with Crippen LogP contribution in [0.3, 0.4) is 0 Å². The van der Waals surface area contributed by atoms with Gasteiger partial charge in [-0.3, -0.25) is 9.79 Å². The van der Waals surface area contributed by atoms with Crippen LogP contribution in [0, 0.1) is 5.92 Å². The van der Waals surface area contributed by atoms with Gasteiger partial charge in [-0.25, -0.2) is 0 Å². The largest absolute Gasteiger partial charge is 0.387 e. The molecule has 1 amide bonds. The molecule has 13 heavy (non-hydrogen) atoms. The summed E-state index contributed by atoms with van der Waals surface area (Å²) in [4.78, 5) is 15.3. The maximum absolute atomic E-state index is 11.2. The molecule has 0 aliphatic carbocycles. The van der Waals surface area contributed by atoms with E-state index in [4.69, 9.17) is 5.73 Å². The van der Waals surface area contributed by atoms with Crippen molar-refractivity contribution in [3.05, 3.63) is 0 Å². The topological polar surface area (TPSA) is 67.5 Å². The van der Waals surface area contributed by atoms with E-state index in [1.165, 1.54) is 0 Å². The van der Waals surface area contributed by atoms with E-state index in [1.807, 2.05) is 20.8 Å². The standard InChI is InChI=1S/C9H19N3O/c1-5-11-9(13)7(4)12-8(10)6(2)3/h6-7H,5H2,1-4H3,(H2,10,12)(H,11,13). The summed E-state index contributed by atoms with van der Waals surface area (Å²) in [6.07, 6.45) is 0. The molecule has 0 bridgehead atoms. The Balaban J connectivity index is 4.19. The average molecular weight is 185 g/mol. The molecular weight excluding hydrogens is 166 g/mol. The van der Waals surface area contributed by atoms with E-state index in [2.05, 4.69) is 10.3 Å². The van der Waals surface area contributed by atoms with Crippen molar-refractivity contribution in [2.24, 2.45) is 16.6 Å². The van der Waals surface area contributed by atoms with Gasteiger partial charge in [-0.05, 0) is 13.8 Å². The summed E-state index contributed by atoms with van der Waals surface area (Å²) in [5.74, 6) is 0.640. The molecule has 0 spiro atoms. The van der Waals surface area contributed by atoms with Crippen molar-refractivity contribution in [3.63, 3.8) is 0 Å². The van der Waals surface area contributed by atoms with Crippen molar-refractivity contribution in [2.45, 2.75) is 33.7 Å². The van der Waals surface area contributed by atoms with Gasteiger partial charge in [-0.15, -0.1) is 0 Å². The first kappa shape index (κ1) is 11.9. The van der Waals surface area contributed by atoms with Crippen molar-refractivity contribution in [2.75, 3.05) is 6.54 Å². The van der Waals surface area contributed by atoms with Crippen LogP contribution in [-0.2, 0) is 4.79 Å². The number of carbonyl (C=O) groups excluding carboxylic acids is 1. The van der Waals surface area contributed by atoms with Crippen LogP contribution >= 0.6 is 0 Å². The third kappa shape index (κ3) is 4.50. The van der Waals surface area contributed by atoms with Gasteiger partial charge in [0.25, 0.3) is 0 Å². The number of carbonyl (C=O) groups is 1. The van der Waals surface area contributed by atoms with Gasteiger partial charge >= 0.3 is 0 Å². The summed E-state index contributed by atoms with van der Waals surface area (Å²) in [5, 5.41) is 2.69.